The Balaban J connectivity index is 0.000000229. The van der Waals surface area contributed by atoms with Crippen molar-refractivity contribution in [3.63, 3.8) is 0 Å². The number of halogens is 2. The topological polar surface area (TPSA) is 25.8 Å². The molecule has 0 bridgehead atoms. The van der Waals surface area contributed by atoms with Crippen molar-refractivity contribution in [3.05, 3.63) is 139 Å². The first kappa shape index (κ1) is 32.7. The predicted molar refractivity (Wildman–Crippen MR) is 197 cm³/mol. The van der Waals surface area contributed by atoms with Crippen LogP contribution in [0.4, 0.5) is 8.78 Å². The monoisotopic (exact) mass is 849 g/mol. The second kappa shape index (κ2) is 15.1. The van der Waals surface area contributed by atoms with Gasteiger partial charge in [-0.25, -0.2) is 4.39 Å². The zero-order chi connectivity index (χ0) is 34.9. The molecule has 3 aromatic heterocycles. The molecule has 0 aliphatic rings. The maximum absolute atomic E-state index is 13.3. The number of fused-ring (bicyclic) bond motifs is 3. The first-order chi connectivity index (χ1) is 23.3. The second-order valence-electron chi connectivity index (χ2n) is 12.7. The molecule has 245 valence electrons. The molecule has 4 aromatic carbocycles. The van der Waals surface area contributed by atoms with Gasteiger partial charge in [0, 0.05) is 45.8 Å². The van der Waals surface area contributed by atoms with Crippen LogP contribution in [0.3, 0.4) is 0 Å². The van der Waals surface area contributed by atoms with Crippen LogP contribution in [0.15, 0.2) is 109 Å². The van der Waals surface area contributed by atoms with E-state index in [9.17, 15) is 8.78 Å². The smallest absolute Gasteiger partial charge is 0.123 e. The number of nitrogens with zero attached hydrogens (tertiary/aromatic N) is 2. The fourth-order valence-electron chi connectivity index (χ4n) is 5.31. The van der Waals surface area contributed by atoms with Gasteiger partial charge in [-0.3, -0.25) is 4.39 Å². The van der Waals surface area contributed by atoms with Crippen LogP contribution in [0.1, 0.15) is 22.2 Å². The van der Waals surface area contributed by atoms with Gasteiger partial charge in [-0.1, -0.05) is 86.9 Å². The fraction of sp³-hybridized carbons (Fsp3) is 0.171. The second-order valence-corrected chi connectivity index (χ2v) is 18.9. The molecule has 0 spiro atoms. The van der Waals surface area contributed by atoms with Gasteiger partial charge in [-0.05, 0) is 74.3 Å². The molecule has 0 atom stereocenters. The molecular formula is C41H36F2IrN2SSi-2. The van der Waals surface area contributed by atoms with E-state index < -0.39 is 14.4 Å². The molecular weight excluding hydrogens is 811 g/mol. The normalized spacial score (nSPS) is 12.2. The van der Waals surface area contributed by atoms with Crippen LogP contribution in [0.25, 0.3) is 53.8 Å². The molecule has 0 saturated heterocycles. The number of hydrogen-bond donors (Lipinski definition) is 0. The van der Waals surface area contributed by atoms with Gasteiger partial charge in [0.15, 0.2) is 0 Å². The van der Waals surface area contributed by atoms with E-state index in [1.165, 1.54) is 29.5 Å². The first-order valence-electron chi connectivity index (χ1n) is 16.6. The minimum atomic E-state index is -1.43. The van der Waals surface area contributed by atoms with Gasteiger partial charge < -0.3 is 9.97 Å². The van der Waals surface area contributed by atoms with Gasteiger partial charge in [0.25, 0.3) is 0 Å². The molecule has 0 amide bonds. The molecule has 48 heavy (non-hydrogen) atoms. The van der Waals surface area contributed by atoms with Crippen molar-refractivity contribution in [3.8, 4) is 33.6 Å². The van der Waals surface area contributed by atoms with E-state index in [1.54, 1.807) is 41.8 Å². The molecule has 7 rings (SSSR count). The third-order valence-corrected chi connectivity index (χ3v) is 11.0. The molecule has 0 unspecified atom stereocenters. The summed E-state index contributed by atoms with van der Waals surface area (Å²) in [4.78, 5) is 8.98. The van der Waals surface area contributed by atoms with E-state index in [-0.39, 0.29) is 37.7 Å². The van der Waals surface area contributed by atoms with Crippen LogP contribution in [-0.4, -0.2) is 18.0 Å². The van der Waals surface area contributed by atoms with E-state index in [2.05, 4.69) is 72.1 Å². The molecule has 2 nitrogen and oxygen atoms in total. The predicted octanol–water partition coefficient (Wildman–Crippen LogP) is 11.2. The minimum absolute atomic E-state index is 0. The Kier molecular flexibility index (Phi) is 10.3. The molecule has 7 aromatic rings. The zero-order valence-corrected chi connectivity index (χ0v) is 31.6. The van der Waals surface area contributed by atoms with Gasteiger partial charge in [0.2, 0.25) is 0 Å². The van der Waals surface area contributed by atoms with Gasteiger partial charge in [0.1, 0.15) is 5.82 Å². The molecule has 0 aliphatic carbocycles. The number of thiophene rings is 1. The van der Waals surface area contributed by atoms with Crippen LogP contribution in [0, 0.1) is 29.7 Å². The maximum atomic E-state index is 13.3. The van der Waals surface area contributed by atoms with Crippen LogP contribution in [0.5, 0.6) is 0 Å². The van der Waals surface area contributed by atoms with Crippen molar-refractivity contribution in [1.82, 2.24) is 9.97 Å². The summed E-state index contributed by atoms with van der Waals surface area (Å²) >= 11 is 1.68. The summed E-state index contributed by atoms with van der Waals surface area (Å²) in [6, 6.07) is 35.2. The quantitative estimate of drug-likeness (QED) is 0.123. The summed E-state index contributed by atoms with van der Waals surface area (Å²) in [7, 11) is -1.30. The third-order valence-electron chi connectivity index (χ3n) is 7.76. The van der Waals surface area contributed by atoms with Gasteiger partial charge in [-0.2, -0.15) is 11.3 Å². The summed E-state index contributed by atoms with van der Waals surface area (Å²) in [5.41, 5.74) is 5.92. The Hall–Kier alpha value is -3.87. The van der Waals surface area contributed by atoms with Crippen molar-refractivity contribution < 1.29 is 31.6 Å². The number of rotatable bonds is 6. The largest absolute Gasteiger partial charge is 0.305 e. The summed E-state index contributed by atoms with van der Waals surface area (Å²) in [5.74, 6) is -0.660. The number of aromatic nitrogens is 2. The van der Waals surface area contributed by atoms with E-state index in [0.29, 0.717) is 5.56 Å². The molecule has 0 aliphatic heterocycles. The zero-order valence-electron chi connectivity index (χ0n) is 29.4. The Bertz CT molecular complexity index is 2230. The van der Waals surface area contributed by atoms with Crippen molar-refractivity contribution in [2.45, 2.75) is 39.9 Å². The van der Waals surface area contributed by atoms with E-state index >= 15 is 0 Å². The van der Waals surface area contributed by atoms with Crippen LogP contribution in [-0.2, 0) is 26.5 Å². The van der Waals surface area contributed by atoms with Crippen LogP contribution in [0.2, 0.25) is 19.6 Å². The minimum Gasteiger partial charge on any atom is -0.305 e. The molecule has 0 fully saturated rings. The Morgan fingerprint density at radius 2 is 1.54 bits per heavy atom. The summed E-state index contributed by atoms with van der Waals surface area (Å²) in [6.45, 7) is 10.6. The number of hydrogen-bond acceptors (Lipinski definition) is 3. The standard InChI is InChI=1S/C27H21FNS.C14H15FNSi.Ir/c1-17(2)14-18-12-13-29-25(15-18)24-5-3-4-23-22-11-8-20(16-26(22)30-27(23)24)19-6-9-21(28)10-7-19;1-17(2,3)13-8-9-14(16-10-13)11-4-6-12(15)7-5-11;/h3-4,6-13,15-17H,14H2,1-2H3;4,6-10H,1-3H3;/q2*-1;/i14D2;;. The fourth-order valence-corrected chi connectivity index (χ4v) is 7.59. The average molecular weight is 849 g/mol. The van der Waals surface area contributed by atoms with Crippen molar-refractivity contribution in [2.75, 3.05) is 0 Å². The number of pyridine rings is 2. The van der Waals surface area contributed by atoms with E-state index in [4.69, 9.17) is 2.74 Å². The summed E-state index contributed by atoms with van der Waals surface area (Å²) < 4.78 is 45.2. The first-order valence-corrected chi connectivity index (χ1v) is 19.9. The van der Waals surface area contributed by atoms with Crippen LogP contribution < -0.4 is 5.19 Å². The van der Waals surface area contributed by atoms with E-state index in [0.717, 1.165) is 53.8 Å². The number of benzene rings is 4. The SMILES string of the molecule is C[Si](C)(C)c1ccc(-c2[c-]cc(F)cc2)nc1.[2H]C([2H])(c1ccnc(-c2[c-]ccc3c2sc2cc(-c4ccc(F)cc4)ccc23)c1)C(C)C.[Ir]. The third kappa shape index (κ3) is 8.22. The van der Waals surface area contributed by atoms with E-state index in [1.807, 2.05) is 38.2 Å². The van der Waals surface area contributed by atoms with Gasteiger partial charge in [-0.15, -0.1) is 53.6 Å². The van der Waals surface area contributed by atoms with Crippen LogP contribution >= 0.6 is 11.3 Å². The molecule has 3 heterocycles. The molecule has 0 saturated carbocycles. The van der Waals surface area contributed by atoms with Gasteiger partial charge >= 0.3 is 0 Å². The summed E-state index contributed by atoms with van der Waals surface area (Å²) in [5, 5.41) is 3.60. The molecule has 0 N–H and O–H groups in total. The Morgan fingerprint density at radius 3 is 2.21 bits per heavy atom. The van der Waals surface area contributed by atoms with Crippen molar-refractivity contribution in [2.24, 2.45) is 5.92 Å². The van der Waals surface area contributed by atoms with Crippen molar-refractivity contribution >= 4 is 44.8 Å². The molecule has 1 radical (unpaired) electrons. The Labute approximate surface area is 303 Å². The average Bonchev–Trinajstić information content (AvgIpc) is 3.47. The molecule has 7 heteroatoms. The summed E-state index contributed by atoms with van der Waals surface area (Å²) in [6.07, 6.45) is 2.17. The van der Waals surface area contributed by atoms with Gasteiger partial charge in [0.05, 0.1) is 8.07 Å². The maximum Gasteiger partial charge on any atom is 0.123 e. The Morgan fingerprint density at radius 1 is 0.792 bits per heavy atom. The van der Waals surface area contributed by atoms with Crippen molar-refractivity contribution in [1.29, 1.82) is 0 Å².